The van der Waals surface area contributed by atoms with E-state index in [0.717, 1.165) is 38.0 Å². The van der Waals surface area contributed by atoms with Gasteiger partial charge in [0.05, 0.1) is 6.42 Å². The van der Waals surface area contributed by atoms with Crippen LogP contribution >= 0.6 is 0 Å². The Morgan fingerprint density at radius 1 is 1.16 bits per heavy atom. The monoisotopic (exact) mass is 438 g/mol. The van der Waals surface area contributed by atoms with E-state index in [4.69, 9.17) is 5.11 Å². The number of fused-ring (bicyclic) bond motifs is 1. The van der Waals surface area contributed by atoms with E-state index in [-0.39, 0.29) is 18.7 Å². The summed E-state index contributed by atoms with van der Waals surface area (Å²) in [5.74, 6) is -0.417. The molecule has 32 heavy (non-hydrogen) atoms. The molecule has 0 spiro atoms. The zero-order chi connectivity index (χ0) is 22.9. The van der Waals surface area contributed by atoms with Gasteiger partial charge >= 0.3 is 5.97 Å². The van der Waals surface area contributed by atoms with Crippen LogP contribution in [0, 0.1) is 12.8 Å². The fraction of sp³-hybridized carbons (Fsp3) is 0.556. The molecule has 0 bridgehead atoms. The van der Waals surface area contributed by atoms with Gasteiger partial charge in [0.2, 0.25) is 5.91 Å². The summed E-state index contributed by atoms with van der Waals surface area (Å²) in [6, 6.07) is 8.81. The van der Waals surface area contributed by atoms with Crippen LogP contribution < -0.4 is 4.90 Å². The molecule has 2 aliphatic rings. The first-order chi connectivity index (χ1) is 15.5. The standard InChI is InChI=1S/C27H38N2O3/c1-3-16-28(24-10-7-8-21(2)19-24)17-6-4-5-9-22-11-12-25-23(20-22)15-18-29(25)26(30)13-14-27(31)32/h7-8,10,12,19-20,22H,3-6,9,11,13-18H2,1-2H3,(H,31,32). The Morgan fingerprint density at radius 3 is 2.75 bits per heavy atom. The number of carbonyl (C=O) groups is 2. The summed E-state index contributed by atoms with van der Waals surface area (Å²) in [6.45, 7) is 7.30. The third-order valence-electron chi connectivity index (χ3n) is 6.49. The molecule has 1 aliphatic heterocycles. The van der Waals surface area contributed by atoms with Crippen LogP contribution in [0.3, 0.4) is 0 Å². The number of carbonyl (C=O) groups excluding carboxylic acids is 1. The Morgan fingerprint density at radius 2 is 2.00 bits per heavy atom. The van der Waals surface area contributed by atoms with Crippen LogP contribution in [-0.4, -0.2) is 41.5 Å². The first-order valence-electron chi connectivity index (χ1n) is 12.2. The molecule has 5 heteroatoms. The largest absolute Gasteiger partial charge is 0.481 e. The number of unbranched alkanes of at least 4 members (excludes halogenated alkanes) is 2. The molecule has 0 radical (unpaired) electrons. The number of aliphatic carboxylic acids is 1. The molecular formula is C27H38N2O3. The second-order valence-electron chi connectivity index (χ2n) is 9.14. The van der Waals surface area contributed by atoms with Gasteiger partial charge in [-0.3, -0.25) is 9.59 Å². The van der Waals surface area contributed by atoms with Gasteiger partial charge in [0.15, 0.2) is 0 Å². The highest BCUT2D eigenvalue weighted by Gasteiger charge is 2.29. The molecule has 1 aromatic carbocycles. The minimum atomic E-state index is -0.914. The van der Waals surface area contributed by atoms with E-state index in [1.807, 2.05) is 0 Å². The Labute approximate surface area is 192 Å². The second-order valence-corrected chi connectivity index (χ2v) is 9.14. The molecule has 174 valence electrons. The van der Waals surface area contributed by atoms with E-state index >= 15 is 0 Å². The maximum Gasteiger partial charge on any atom is 0.303 e. The van der Waals surface area contributed by atoms with Gasteiger partial charge in [-0.2, -0.15) is 0 Å². The van der Waals surface area contributed by atoms with Crippen LogP contribution in [0.1, 0.15) is 70.3 Å². The van der Waals surface area contributed by atoms with Gasteiger partial charge in [-0.1, -0.05) is 44.1 Å². The normalized spacial score (nSPS) is 17.6. The number of benzene rings is 1. The number of carboxylic acid groups (broad SMARTS) is 1. The maximum atomic E-state index is 12.3. The molecule has 0 aromatic heterocycles. The fourth-order valence-electron chi connectivity index (χ4n) is 4.84. The third-order valence-corrected chi connectivity index (χ3v) is 6.49. The van der Waals surface area contributed by atoms with Gasteiger partial charge in [-0.05, 0) is 68.2 Å². The minimum absolute atomic E-state index is 0.0641. The van der Waals surface area contributed by atoms with Crippen molar-refractivity contribution >= 4 is 17.6 Å². The number of allylic oxidation sites excluding steroid dienone is 3. The van der Waals surface area contributed by atoms with Crippen molar-refractivity contribution in [3.63, 3.8) is 0 Å². The number of hydrogen-bond acceptors (Lipinski definition) is 3. The number of rotatable bonds is 12. The van der Waals surface area contributed by atoms with Gasteiger partial charge in [-0.25, -0.2) is 0 Å². The molecule has 1 unspecified atom stereocenters. The first-order valence-corrected chi connectivity index (χ1v) is 12.2. The van der Waals surface area contributed by atoms with Crippen molar-refractivity contribution in [2.24, 2.45) is 5.92 Å². The Kier molecular flexibility index (Phi) is 8.95. The van der Waals surface area contributed by atoms with E-state index in [1.165, 1.54) is 42.5 Å². The summed E-state index contributed by atoms with van der Waals surface area (Å²) in [4.78, 5) is 27.4. The summed E-state index contributed by atoms with van der Waals surface area (Å²) in [6.07, 6.45) is 12.5. The summed E-state index contributed by atoms with van der Waals surface area (Å²) >= 11 is 0. The predicted molar refractivity (Wildman–Crippen MR) is 130 cm³/mol. The summed E-state index contributed by atoms with van der Waals surface area (Å²) in [5.41, 5.74) is 4.96. The molecule has 3 rings (SSSR count). The van der Waals surface area contributed by atoms with Gasteiger partial charge < -0.3 is 14.9 Å². The van der Waals surface area contributed by atoms with E-state index in [9.17, 15) is 9.59 Å². The van der Waals surface area contributed by atoms with Crippen molar-refractivity contribution in [3.05, 3.63) is 53.3 Å². The smallest absolute Gasteiger partial charge is 0.303 e. The van der Waals surface area contributed by atoms with Crippen LogP contribution in [0.5, 0.6) is 0 Å². The summed E-state index contributed by atoms with van der Waals surface area (Å²) in [5, 5.41) is 8.82. The number of aryl methyl sites for hydroxylation is 1. The lowest BCUT2D eigenvalue weighted by Gasteiger charge is -2.25. The van der Waals surface area contributed by atoms with Crippen molar-refractivity contribution in [2.75, 3.05) is 24.5 Å². The fourth-order valence-corrected chi connectivity index (χ4v) is 4.84. The highest BCUT2D eigenvalue weighted by molar-refractivity contribution is 5.83. The molecule has 1 heterocycles. The van der Waals surface area contributed by atoms with Crippen molar-refractivity contribution in [3.8, 4) is 0 Å². The zero-order valence-electron chi connectivity index (χ0n) is 19.7. The number of anilines is 1. The van der Waals surface area contributed by atoms with E-state index in [2.05, 4.69) is 55.2 Å². The topological polar surface area (TPSA) is 60.9 Å². The van der Waals surface area contributed by atoms with Crippen LogP contribution in [0.15, 0.2) is 47.7 Å². The molecule has 1 saturated heterocycles. The lowest BCUT2D eigenvalue weighted by Crippen LogP contribution is -2.27. The predicted octanol–water partition coefficient (Wildman–Crippen LogP) is 5.70. The van der Waals surface area contributed by atoms with Crippen LogP contribution in [0.4, 0.5) is 5.69 Å². The average molecular weight is 439 g/mol. The molecule has 0 saturated carbocycles. The molecule has 5 nitrogen and oxygen atoms in total. The molecule has 1 atom stereocenters. The molecular weight excluding hydrogens is 400 g/mol. The summed E-state index contributed by atoms with van der Waals surface area (Å²) < 4.78 is 0. The quantitative estimate of drug-likeness (QED) is 0.425. The SMILES string of the molecule is CCCN(CCCCCC1C=C2CCN(C(=O)CCC(=O)O)C2=CC1)c1cccc(C)c1. The number of carboxylic acids is 1. The van der Waals surface area contributed by atoms with Gasteiger partial charge in [-0.15, -0.1) is 0 Å². The number of hydrogen-bond donors (Lipinski definition) is 1. The van der Waals surface area contributed by atoms with Crippen LogP contribution in [0.2, 0.25) is 0 Å². The van der Waals surface area contributed by atoms with E-state index in [1.54, 1.807) is 4.90 Å². The van der Waals surface area contributed by atoms with Crippen molar-refractivity contribution < 1.29 is 14.7 Å². The van der Waals surface area contributed by atoms with Crippen LogP contribution in [0.25, 0.3) is 0 Å². The Hall–Kier alpha value is -2.56. The maximum absolute atomic E-state index is 12.3. The lowest BCUT2D eigenvalue weighted by atomic mass is 9.89. The first kappa shape index (κ1) is 24.1. The van der Waals surface area contributed by atoms with E-state index < -0.39 is 5.97 Å². The highest BCUT2D eigenvalue weighted by atomic mass is 16.4. The van der Waals surface area contributed by atoms with Gasteiger partial charge in [0.1, 0.15) is 0 Å². The Bertz CT molecular complexity index is 858. The van der Waals surface area contributed by atoms with Crippen LogP contribution in [-0.2, 0) is 9.59 Å². The minimum Gasteiger partial charge on any atom is -0.481 e. The number of nitrogens with zero attached hydrogens (tertiary/aromatic N) is 2. The lowest BCUT2D eigenvalue weighted by molar-refractivity contribution is -0.140. The molecule has 1 aliphatic carbocycles. The van der Waals surface area contributed by atoms with Crippen molar-refractivity contribution in [1.29, 1.82) is 0 Å². The van der Waals surface area contributed by atoms with Gasteiger partial charge in [0, 0.05) is 37.4 Å². The van der Waals surface area contributed by atoms with Gasteiger partial charge in [0.25, 0.3) is 0 Å². The third kappa shape index (κ3) is 6.72. The van der Waals surface area contributed by atoms with Crippen molar-refractivity contribution in [1.82, 2.24) is 4.90 Å². The number of amides is 1. The summed E-state index contributed by atoms with van der Waals surface area (Å²) in [7, 11) is 0. The molecule has 1 amide bonds. The number of likely N-dealkylation sites (tertiary alicyclic amines) is 1. The van der Waals surface area contributed by atoms with Crippen molar-refractivity contribution in [2.45, 2.75) is 71.6 Å². The molecule has 1 fully saturated rings. The Balaban J connectivity index is 1.40. The molecule has 1 aromatic rings. The zero-order valence-corrected chi connectivity index (χ0v) is 19.7. The highest BCUT2D eigenvalue weighted by Crippen LogP contribution is 2.35. The van der Waals surface area contributed by atoms with E-state index in [0.29, 0.717) is 12.5 Å². The molecule has 1 N–H and O–H groups in total. The average Bonchev–Trinajstić information content (AvgIpc) is 3.20. The second kappa shape index (κ2) is 11.9.